The quantitative estimate of drug-likeness (QED) is 0.663. The molecule has 0 saturated heterocycles. The summed E-state index contributed by atoms with van der Waals surface area (Å²) in [6, 6.07) is 7.84. The van der Waals surface area contributed by atoms with Gasteiger partial charge in [0, 0.05) is 0 Å². The third kappa shape index (κ3) is 1.61. The Balaban J connectivity index is 2.97. The topological polar surface area (TPSA) is 61.1 Å². The number of carbonyl (C=O) groups is 1. The fourth-order valence-corrected chi connectivity index (χ4v) is 0.865. The molecule has 0 saturated carbocycles. The van der Waals surface area contributed by atoms with Crippen LogP contribution >= 0.6 is 0 Å². The number of hydrogen-bond donors (Lipinski definition) is 1. The number of nitrogens with zero attached hydrogens (tertiary/aromatic N) is 1. The molecule has 0 spiro atoms. The Bertz CT molecular complexity index is 310. The Morgan fingerprint density at radius 2 is 2.00 bits per heavy atom. The van der Waals surface area contributed by atoms with Gasteiger partial charge in [-0.25, -0.2) is 0 Å². The molecule has 0 bridgehead atoms. The number of carbonyl (C=O) groups excluding carboxylic acids is 1. The van der Waals surface area contributed by atoms with E-state index in [0.717, 1.165) is 0 Å². The van der Waals surface area contributed by atoms with Crippen molar-refractivity contribution in [1.29, 1.82) is 5.26 Å². The molecule has 1 N–H and O–H groups in total. The summed E-state index contributed by atoms with van der Waals surface area (Å²) in [5.41, 5.74) is 0.602. The van der Waals surface area contributed by atoms with Gasteiger partial charge in [-0.05, 0) is 17.7 Å². The van der Waals surface area contributed by atoms with E-state index < -0.39 is 5.92 Å². The van der Waals surface area contributed by atoms with Crippen LogP contribution in [0.25, 0.3) is 0 Å². The van der Waals surface area contributed by atoms with Gasteiger partial charge in [0.25, 0.3) is 0 Å². The van der Waals surface area contributed by atoms with Crippen molar-refractivity contribution in [3.8, 4) is 11.8 Å². The van der Waals surface area contributed by atoms with Gasteiger partial charge in [-0.15, -0.1) is 0 Å². The molecular weight excluding hydrogens is 154 g/mol. The first kappa shape index (κ1) is 8.28. The van der Waals surface area contributed by atoms with E-state index in [1.54, 1.807) is 12.1 Å². The van der Waals surface area contributed by atoms with Crippen LogP contribution in [0.1, 0.15) is 11.5 Å². The third-order valence-corrected chi connectivity index (χ3v) is 1.53. The van der Waals surface area contributed by atoms with Crippen molar-refractivity contribution in [2.75, 3.05) is 0 Å². The maximum absolute atomic E-state index is 10.3. The zero-order valence-electron chi connectivity index (χ0n) is 6.27. The van der Waals surface area contributed by atoms with E-state index >= 15 is 0 Å². The molecule has 0 aliphatic rings. The maximum Gasteiger partial charge on any atom is 0.141 e. The molecule has 60 valence electrons. The van der Waals surface area contributed by atoms with Gasteiger partial charge < -0.3 is 9.90 Å². The van der Waals surface area contributed by atoms with E-state index in [-0.39, 0.29) is 5.75 Å². The van der Waals surface area contributed by atoms with Crippen LogP contribution in [0, 0.1) is 11.3 Å². The average molecular weight is 161 g/mol. The molecule has 1 atom stereocenters. The lowest BCUT2D eigenvalue weighted by Crippen LogP contribution is -1.95. The first-order chi connectivity index (χ1) is 5.77. The average Bonchev–Trinajstić information content (AvgIpc) is 2.10. The predicted molar refractivity (Wildman–Crippen MR) is 42.5 cm³/mol. The molecule has 1 unspecified atom stereocenters. The van der Waals surface area contributed by atoms with Gasteiger partial charge in [0.15, 0.2) is 0 Å². The molecule has 1 aromatic carbocycles. The van der Waals surface area contributed by atoms with E-state index in [9.17, 15) is 4.79 Å². The maximum atomic E-state index is 10.3. The fraction of sp³-hybridized carbons (Fsp3) is 0.111. The third-order valence-electron chi connectivity index (χ3n) is 1.53. The highest BCUT2D eigenvalue weighted by Gasteiger charge is 2.07. The summed E-state index contributed by atoms with van der Waals surface area (Å²) in [6.45, 7) is 0. The van der Waals surface area contributed by atoms with Crippen molar-refractivity contribution in [3.63, 3.8) is 0 Å². The standard InChI is InChI=1S/C9H7NO2/c10-5-8(6-11)7-1-3-9(12)4-2-7/h1-4,6,8,12H. The van der Waals surface area contributed by atoms with E-state index in [4.69, 9.17) is 10.4 Å². The SMILES string of the molecule is N#CC(C=O)c1ccc(O)cc1. The largest absolute Gasteiger partial charge is 0.508 e. The highest BCUT2D eigenvalue weighted by atomic mass is 16.3. The normalized spacial score (nSPS) is 11.6. The van der Waals surface area contributed by atoms with Crippen molar-refractivity contribution >= 4 is 6.29 Å². The number of hydrogen-bond acceptors (Lipinski definition) is 3. The molecule has 1 rings (SSSR count). The van der Waals surface area contributed by atoms with Gasteiger partial charge in [0.2, 0.25) is 0 Å². The molecule has 0 fully saturated rings. The van der Waals surface area contributed by atoms with Crippen LogP contribution in [0.4, 0.5) is 0 Å². The van der Waals surface area contributed by atoms with Gasteiger partial charge in [-0.3, -0.25) is 0 Å². The van der Waals surface area contributed by atoms with Gasteiger partial charge in [0.1, 0.15) is 18.0 Å². The smallest absolute Gasteiger partial charge is 0.141 e. The molecule has 3 heteroatoms. The monoisotopic (exact) mass is 161 g/mol. The summed E-state index contributed by atoms with van der Waals surface area (Å²) in [4.78, 5) is 10.3. The number of aromatic hydroxyl groups is 1. The van der Waals surface area contributed by atoms with E-state index in [1.807, 2.05) is 6.07 Å². The summed E-state index contributed by atoms with van der Waals surface area (Å²) < 4.78 is 0. The molecule has 0 radical (unpaired) electrons. The minimum atomic E-state index is -0.731. The lowest BCUT2D eigenvalue weighted by Gasteiger charge is -1.99. The second-order valence-electron chi connectivity index (χ2n) is 2.33. The summed E-state index contributed by atoms with van der Waals surface area (Å²) in [5.74, 6) is -0.605. The Kier molecular flexibility index (Phi) is 2.44. The zero-order chi connectivity index (χ0) is 8.97. The molecule has 3 nitrogen and oxygen atoms in total. The second kappa shape index (κ2) is 3.54. The van der Waals surface area contributed by atoms with Crippen molar-refractivity contribution in [3.05, 3.63) is 29.8 Å². The number of aldehydes is 1. The lowest BCUT2D eigenvalue weighted by atomic mass is 10.0. The van der Waals surface area contributed by atoms with Gasteiger partial charge in [-0.2, -0.15) is 5.26 Å². The van der Waals surface area contributed by atoms with Crippen molar-refractivity contribution in [2.24, 2.45) is 0 Å². The lowest BCUT2D eigenvalue weighted by molar-refractivity contribution is -0.108. The molecular formula is C9H7NO2. The molecule has 1 aromatic rings. The van der Waals surface area contributed by atoms with Gasteiger partial charge in [0.05, 0.1) is 6.07 Å². The minimum Gasteiger partial charge on any atom is -0.508 e. The molecule has 0 heterocycles. The Morgan fingerprint density at radius 1 is 1.42 bits per heavy atom. The van der Waals surface area contributed by atoms with Crippen LogP contribution in [-0.4, -0.2) is 11.4 Å². The highest BCUT2D eigenvalue weighted by molar-refractivity contribution is 5.66. The number of rotatable bonds is 2. The van der Waals surface area contributed by atoms with Crippen LogP contribution in [0.5, 0.6) is 5.75 Å². The summed E-state index contributed by atoms with van der Waals surface area (Å²) >= 11 is 0. The zero-order valence-corrected chi connectivity index (χ0v) is 6.27. The first-order valence-electron chi connectivity index (χ1n) is 3.41. The van der Waals surface area contributed by atoms with Crippen molar-refractivity contribution in [1.82, 2.24) is 0 Å². The van der Waals surface area contributed by atoms with E-state index in [2.05, 4.69) is 0 Å². The molecule has 0 aliphatic heterocycles. The summed E-state index contributed by atoms with van der Waals surface area (Å²) in [6.07, 6.45) is 0.576. The molecule has 0 amide bonds. The van der Waals surface area contributed by atoms with Crippen LogP contribution in [-0.2, 0) is 4.79 Å². The van der Waals surface area contributed by atoms with Crippen LogP contribution < -0.4 is 0 Å². The first-order valence-corrected chi connectivity index (χ1v) is 3.41. The highest BCUT2D eigenvalue weighted by Crippen LogP contribution is 2.16. The fourth-order valence-electron chi connectivity index (χ4n) is 0.865. The summed E-state index contributed by atoms with van der Waals surface area (Å²) in [5, 5.41) is 17.4. The number of benzene rings is 1. The van der Waals surface area contributed by atoms with E-state index in [0.29, 0.717) is 11.8 Å². The number of phenols is 1. The van der Waals surface area contributed by atoms with E-state index in [1.165, 1.54) is 12.1 Å². The Morgan fingerprint density at radius 3 is 2.42 bits per heavy atom. The Hall–Kier alpha value is -1.82. The van der Waals surface area contributed by atoms with Crippen LogP contribution in [0.3, 0.4) is 0 Å². The van der Waals surface area contributed by atoms with Gasteiger partial charge in [-0.1, -0.05) is 12.1 Å². The Labute approximate surface area is 69.9 Å². The summed E-state index contributed by atoms with van der Waals surface area (Å²) in [7, 11) is 0. The van der Waals surface area contributed by atoms with Crippen LogP contribution in [0.15, 0.2) is 24.3 Å². The van der Waals surface area contributed by atoms with Crippen molar-refractivity contribution < 1.29 is 9.90 Å². The predicted octanol–water partition coefficient (Wildman–Crippen LogP) is 1.20. The van der Waals surface area contributed by atoms with Crippen molar-refractivity contribution in [2.45, 2.75) is 5.92 Å². The molecule has 12 heavy (non-hydrogen) atoms. The molecule has 0 aromatic heterocycles. The second-order valence-corrected chi connectivity index (χ2v) is 2.33. The van der Waals surface area contributed by atoms with Gasteiger partial charge >= 0.3 is 0 Å². The molecule has 0 aliphatic carbocycles. The number of phenolic OH excluding ortho intramolecular Hbond substituents is 1. The number of nitriles is 1. The minimum absolute atomic E-state index is 0.126. The van der Waals surface area contributed by atoms with Crippen LogP contribution in [0.2, 0.25) is 0 Å².